The van der Waals surface area contributed by atoms with Crippen LogP contribution >= 0.6 is 11.6 Å². The van der Waals surface area contributed by atoms with Crippen molar-refractivity contribution in [2.75, 3.05) is 18.1 Å². The molecule has 0 radical (unpaired) electrons. The van der Waals surface area contributed by atoms with E-state index >= 15 is 0 Å². The summed E-state index contributed by atoms with van der Waals surface area (Å²) in [5.41, 5.74) is 2.34. The summed E-state index contributed by atoms with van der Waals surface area (Å²) in [6.07, 6.45) is 1.08. The Morgan fingerprint density at radius 2 is 1.73 bits per heavy atom. The van der Waals surface area contributed by atoms with E-state index in [1.165, 1.54) is 0 Å². The summed E-state index contributed by atoms with van der Waals surface area (Å²) in [4.78, 5) is 12.5. The highest BCUT2D eigenvalue weighted by Crippen LogP contribution is 2.24. The molecule has 0 atom stereocenters. The van der Waals surface area contributed by atoms with Crippen LogP contribution < -0.4 is 5.32 Å². The fraction of sp³-hybridized carbons (Fsp3) is 0.316. The average molecular weight is 395 g/mol. The number of para-hydroxylation sites is 1. The molecule has 5 nitrogen and oxygen atoms in total. The van der Waals surface area contributed by atoms with Gasteiger partial charge >= 0.3 is 0 Å². The van der Waals surface area contributed by atoms with Crippen molar-refractivity contribution in [1.29, 1.82) is 0 Å². The molecule has 0 heterocycles. The molecule has 2 aromatic rings. The van der Waals surface area contributed by atoms with Gasteiger partial charge in [0.1, 0.15) is 0 Å². The highest BCUT2D eigenvalue weighted by atomic mass is 35.5. The molecule has 0 aromatic heterocycles. The number of halogens is 1. The van der Waals surface area contributed by atoms with E-state index in [4.69, 9.17) is 11.6 Å². The molecule has 0 bridgehead atoms. The zero-order chi connectivity index (χ0) is 19.3. The van der Waals surface area contributed by atoms with Gasteiger partial charge in [-0.3, -0.25) is 4.79 Å². The number of nitrogens with zero attached hydrogens (tertiary/aromatic N) is 1. The minimum absolute atomic E-state index is 0.0394. The molecule has 0 fully saturated rings. The lowest BCUT2D eigenvalue weighted by Gasteiger charge is -2.21. The van der Waals surface area contributed by atoms with Crippen molar-refractivity contribution in [1.82, 2.24) is 4.31 Å². The largest absolute Gasteiger partial charge is 0.325 e. The zero-order valence-corrected chi connectivity index (χ0v) is 16.6. The fourth-order valence-electron chi connectivity index (χ4n) is 2.57. The third-order valence-corrected chi connectivity index (χ3v) is 5.52. The van der Waals surface area contributed by atoms with Gasteiger partial charge in [-0.25, -0.2) is 8.42 Å². The number of nitrogens with one attached hydrogen (secondary N) is 1. The van der Waals surface area contributed by atoms with Crippen LogP contribution in [0.5, 0.6) is 0 Å². The summed E-state index contributed by atoms with van der Waals surface area (Å²) >= 11 is 6.12. The van der Waals surface area contributed by atoms with Crippen molar-refractivity contribution >= 4 is 33.2 Å². The summed E-state index contributed by atoms with van der Waals surface area (Å²) in [5.74, 6) is -0.156. The highest BCUT2D eigenvalue weighted by molar-refractivity contribution is 7.88. The second-order valence-corrected chi connectivity index (χ2v) is 8.80. The van der Waals surface area contributed by atoms with Gasteiger partial charge in [0.25, 0.3) is 0 Å². The van der Waals surface area contributed by atoms with Crippen molar-refractivity contribution in [3.63, 3.8) is 0 Å². The van der Waals surface area contributed by atoms with Gasteiger partial charge in [0.15, 0.2) is 0 Å². The van der Waals surface area contributed by atoms with Gasteiger partial charge in [-0.15, -0.1) is 0 Å². The smallest absolute Gasteiger partial charge is 0.239 e. The number of hydrogen-bond donors (Lipinski definition) is 1. The minimum Gasteiger partial charge on any atom is -0.325 e. The summed E-state index contributed by atoms with van der Waals surface area (Å²) in [7, 11) is -3.58. The van der Waals surface area contributed by atoms with Gasteiger partial charge < -0.3 is 5.32 Å². The number of anilines is 1. The lowest BCUT2D eigenvalue weighted by molar-refractivity contribution is -0.116. The van der Waals surface area contributed by atoms with E-state index in [1.54, 1.807) is 24.3 Å². The Kier molecular flexibility index (Phi) is 6.81. The monoisotopic (exact) mass is 394 g/mol. The maximum absolute atomic E-state index is 12.5. The van der Waals surface area contributed by atoms with Crippen LogP contribution in [0.2, 0.25) is 5.02 Å². The Balaban J connectivity index is 2.17. The van der Waals surface area contributed by atoms with Crippen molar-refractivity contribution in [3.8, 4) is 0 Å². The molecule has 0 saturated carbocycles. The molecule has 7 heteroatoms. The molecule has 0 unspecified atom stereocenters. The summed E-state index contributed by atoms with van der Waals surface area (Å²) in [6, 6.07) is 14.5. The highest BCUT2D eigenvalue weighted by Gasteiger charge is 2.22. The summed E-state index contributed by atoms with van der Waals surface area (Å²) in [5, 5.41) is 3.28. The first kappa shape index (κ1) is 20.4. The normalized spacial score (nSPS) is 11.8. The van der Waals surface area contributed by atoms with Crippen LogP contribution in [-0.4, -0.2) is 31.4 Å². The van der Waals surface area contributed by atoms with Crippen LogP contribution in [0, 0.1) is 0 Å². The molecular formula is C19H23ClN2O3S. The number of hydrogen-bond acceptors (Lipinski definition) is 3. The number of sulfonamides is 1. The van der Waals surface area contributed by atoms with Gasteiger partial charge in [0, 0.05) is 17.3 Å². The van der Waals surface area contributed by atoms with Crippen LogP contribution in [0.25, 0.3) is 0 Å². The number of benzene rings is 2. The fourth-order valence-corrected chi connectivity index (χ4v) is 3.49. The van der Waals surface area contributed by atoms with Crippen molar-refractivity contribution < 1.29 is 13.2 Å². The maximum atomic E-state index is 12.5. The maximum Gasteiger partial charge on any atom is 0.239 e. The molecule has 2 rings (SSSR count). The minimum atomic E-state index is -3.58. The van der Waals surface area contributed by atoms with Crippen molar-refractivity contribution in [3.05, 3.63) is 64.7 Å². The van der Waals surface area contributed by atoms with E-state index < -0.39 is 15.9 Å². The topological polar surface area (TPSA) is 66.5 Å². The third-order valence-electron chi connectivity index (χ3n) is 3.95. The Bertz CT molecular complexity index is 882. The first-order valence-corrected chi connectivity index (χ1v) is 10.5. The Morgan fingerprint density at radius 3 is 2.35 bits per heavy atom. The quantitative estimate of drug-likeness (QED) is 0.775. The van der Waals surface area contributed by atoms with E-state index in [0.29, 0.717) is 16.3 Å². The van der Waals surface area contributed by atoms with Gasteiger partial charge in [0.2, 0.25) is 15.9 Å². The predicted molar refractivity (Wildman–Crippen MR) is 106 cm³/mol. The number of rotatable bonds is 7. The van der Waals surface area contributed by atoms with Crippen LogP contribution in [0.4, 0.5) is 5.69 Å². The molecule has 2 aromatic carbocycles. The molecule has 0 aliphatic rings. The molecule has 0 aliphatic heterocycles. The van der Waals surface area contributed by atoms with Gasteiger partial charge in [-0.05, 0) is 29.2 Å². The van der Waals surface area contributed by atoms with Crippen LogP contribution in [0.1, 0.15) is 30.9 Å². The van der Waals surface area contributed by atoms with Crippen molar-refractivity contribution in [2.45, 2.75) is 26.3 Å². The Hall–Kier alpha value is -1.89. The van der Waals surface area contributed by atoms with E-state index in [1.807, 2.05) is 38.1 Å². The second kappa shape index (κ2) is 8.66. The summed E-state index contributed by atoms with van der Waals surface area (Å²) < 4.78 is 25.3. The number of amides is 1. The van der Waals surface area contributed by atoms with Crippen LogP contribution in [0.15, 0.2) is 48.5 Å². The molecule has 0 spiro atoms. The molecule has 140 valence electrons. The van der Waals surface area contributed by atoms with Crippen LogP contribution in [-0.2, 0) is 21.4 Å². The van der Waals surface area contributed by atoms with E-state index in [9.17, 15) is 13.2 Å². The lowest BCUT2D eigenvalue weighted by atomic mass is 10.0. The number of carbonyl (C=O) groups is 1. The van der Waals surface area contributed by atoms with Crippen LogP contribution in [0.3, 0.4) is 0 Å². The third kappa shape index (κ3) is 5.56. The van der Waals surface area contributed by atoms with Gasteiger partial charge in [-0.2, -0.15) is 4.31 Å². The first-order chi connectivity index (χ1) is 12.2. The molecule has 0 saturated heterocycles. The molecule has 0 aliphatic carbocycles. The Morgan fingerprint density at radius 1 is 1.12 bits per heavy atom. The predicted octanol–water partition coefficient (Wildman–Crippen LogP) is 3.86. The zero-order valence-electron chi connectivity index (χ0n) is 15.1. The van der Waals surface area contributed by atoms with Gasteiger partial charge in [0.05, 0.1) is 12.8 Å². The summed E-state index contributed by atoms with van der Waals surface area (Å²) in [6.45, 7) is 3.82. The first-order valence-electron chi connectivity index (χ1n) is 8.25. The molecule has 1 N–H and O–H groups in total. The average Bonchev–Trinajstić information content (AvgIpc) is 2.55. The van der Waals surface area contributed by atoms with Crippen molar-refractivity contribution in [2.24, 2.45) is 0 Å². The lowest BCUT2D eigenvalue weighted by Crippen LogP contribution is -2.37. The second-order valence-electron chi connectivity index (χ2n) is 6.41. The SMILES string of the molecule is CC(C)c1ccccc1NC(=O)CN(Cc1ccccc1Cl)S(C)(=O)=O. The van der Waals surface area contributed by atoms with Gasteiger partial charge in [-0.1, -0.05) is 61.8 Å². The molecule has 26 heavy (non-hydrogen) atoms. The molecule has 1 amide bonds. The van der Waals surface area contributed by atoms with E-state index in [0.717, 1.165) is 16.1 Å². The molecular weight excluding hydrogens is 372 g/mol. The standard InChI is InChI=1S/C19H23ClN2O3S/c1-14(2)16-9-5-7-11-18(16)21-19(23)13-22(26(3,24)25)12-15-8-4-6-10-17(15)20/h4-11,14H,12-13H2,1-3H3,(H,21,23). The van der Waals surface area contributed by atoms with E-state index in [-0.39, 0.29) is 19.0 Å². The number of carbonyl (C=O) groups excluding carboxylic acids is 1. The van der Waals surface area contributed by atoms with E-state index in [2.05, 4.69) is 5.32 Å². The Labute approximate surface area is 160 Å².